The van der Waals surface area contributed by atoms with Gasteiger partial charge in [0.15, 0.2) is 0 Å². The van der Waals surface area contributed by atoms with E-state index in [-0.39, 0.29) is 0 Å². The van der Waals surface area contributed by atoms with Crippen LogP contribution in [0.5, 0.6) is 0 Å². The summed E-state index contributed by atoms with van der Waals surface area (Å²) in [7, 11) is 0. The summed E-state index contributed by atoms with van der Waals surface area (Å²) in [6.45, 7) is 2.09. The Hall–Kier alpha value is -0.690. The van der Waals surface area contributed by atoms with Crippen molar-refractivity contribution < 1.29 is 0 Å². The van der Waals surface area contributed by atoms with Gasteiger partial charge in [0, 0.05) is 6.04 Å². The molecule has 0 aromatic heterocycles. The Morgan fingerprint density at radius 2 is 2.15 bits per heavy atom. The first-order valence-corrected chi connectivity index (χ1v) is 5.16. The van der Waals surface area contributed by atoms with E-state index in [4.69, 9.17) is 11.6 Å². The summed E-state index contributed by atoms with van der Waals surface area (Å²) in [5.41, 5.74) is 2.34. The molecule has 0 atom stereocenters. The van der Waals surface area contributed by atoms with Gasteiger partial charge < -0.3 is 5.32 Å². The van der Waals surface area contributed by atoms with Crippen molar-refractivity contribution in [2.75, 3.05) is 5.32 Å². The first kappa shape index (κ1) is 8.89. The zero-order chi connectivity index (χ0) is 9.26. The maximum atomic E-state index is 6.06. The van der Waals surface area contributed by atoms with Gasteiger partial charge in [-0.1, -0.05) is 17.7 Å². The fourth-order valence-corrected chi connectivity index (χ4v) is 1.69. The van der Waals surface area contributed by atoms with Crippen molar-refractivity contribution in [2.45, 2.75) is 32.2 Å². The Kier molecular flexibility index (Phi) is 2.45. The second-order valence-corrected chi connectivity index (χ2v) is 4.16. The number of hydrogen-bond acceptors (Lipinski definition) is 1. The first-order chi connectivity index (χ1) is 6.25. The van der Waals surface area contributed by atoms with E-state index < -0.39 is 0 Å². The van der Waals surface area contributed by atoms with E-state index in [9.17, 15) is 0 Å². The van der Waals surface area contributed by atoms with Gasteiger partial charge in [0.05, 0.1) is 10.7 Å². The average Bonchev–Trinajstić information content (AvgIpc) is 2.03. The fourth-order valence-electron chi connectivity index (χ4n) is 1.52. The number of anilines is 1. The highest BCUT2D eigenvalue weighted by Gasteiger charge is 2.17. The number of halogens is 1. The number of aryl methyl sites for hydroxylation is 1. The number of hydrogen-bond donors (Lipinski definition) is 1. The summed E-state index contributed by atoms with van der Waals surface area (Å²) in [4.78, 5) is 0. The molecule has 1 nitrogen and oxygen atoms in total. The van der Waals surface area contributed by atoms with Crippen LogP contribution in [0.3, 0.4) is 0 Å². The van der Waals surface area contributed by atoms with Crippen LogP contribution in [0, 0.1) is 6.92 Å². The van der Waals surface area contributed by atoms with E-state index in [0.29, 0.717) is 6.04 Å². The zero-order valence-corrected chi connectivity index (χ0v) is 8.56. The number of benzene rings is 1. The van der Waals surface area contributed by atoms with Crippen LogP contribution in [0.2, 0.25) is 5.02 Å². The molecule has 2 heteroatoms. The molecule has 1 aliphatic carbocycles. The van der Waals surface area contributed by atoms with Crippen molar-refractivity contribution in [3.8, 4) is 0 Å². The van der Waals surface area contributed by atoms with Crippen LogP contribution in [0.25, 0.3) is 0 Å². The Bertz CT molecular complexity index is 305. The molecule has 0 saturated heterocycles. The van der Waals surface area contributed by atoms with E-state index >= 15 is 0 Å². The van der Waals surface area contributed by atoms with Crippen molar-refractivity contribution in [3.63, 3.8) is 0 Å². The summed E-state index contributed by atoms with van der Waals surface area (Å²) in [6.07, 6.45) is 3.91. The van der Waals surface area contributed by atoms with Crippen molar-refractivity contribution >= 4 is 17.3 Å². The maximum absolute atomic E-state index is 6.06. The minimum atomic E-state index is 0.652. The second-order valence-electron chi connectivity index (χ2n) is 3.76. The van der Waals surface area contributed by atoms with Crippen LogP contribution in [0.4, 0.5) is 5.69 Å². The molecule has 70 valence electrons. The van der Waals surface area contributed by atoms with Gasteiger partial charge in [-0.2, -0.15) is 0 Å². The van der Waals surface area contributed by atoms with E-state index in [0.717, 1.165) is 10.7 Å². The summed E-state index contributed by atoms with van der Waals surface area (Å²) in [5, 5.41) is 4.29. The zero-order valence-electron chi connectivity index (χ0n) is 7.81. The summed E-state index contributed by atoms with van der Waals surface area (Å²) in [5.74, 6) is 0. The molecule has 1 aromatic carbocycles. The van der Waals surface area contributed by atoms with Crippen LogP contribution < -0.4 is 5.32 Å². The van der Waals surface area contributed by atoms with Crippen LogP contribution in [0.15, 0.2) is 18.2 Å². The summed E-state index contributed by atoms with van der Waals surface area (Å²) >= 11 is 6.06. The average molecular weight is 196 g/mol. The molecule has 1 fully saturated rings. The summed E-state index contributed by atoms with van der Waals surface area (Å²) in [6, 6.07) is 6.76. The predicted molar refractivity (Wildman–Crippen MR) is 57.5 cm³/mol. The third-order valence-corrected chi connectivity index (χ3v) is 2.92. The monoisotopic (exact) mass is 195 g/mol. The molecule has 0 bridgehead atoms. The molecule has 0 aliphatic heterocycles. The molecule has 1 aliphatic rings. The Balaban J connectivity index is 2.13. The molecular formula is C11H14ClN. The molecule has 13 heavy (non-hydrogen) atoms. The minimum Gasteiger partial charge on any atom is -0.381 e. The van der Waals surface area contributed by atoms with Gasteiger partial charge in [-0.25, -0.2) is 0 Å². The third kappa shape index (κ3) is 1.97. The van der Waals surface area contributed by atoms with E-state index in [2.05, 4.69) is 18.3 Å². The molecular weight excluding hydrogens is 182 g/mol. The predicted octanol–water partition coefficient (Wildman–Crippen LogP) is 3.61. The van der Waals surface area contributed by atoms with Crippen molar-refractivity contribution in [2.24, 2.45) is 0 Å². The molecule has 0 heterocycles. The van der Waals surface area contributed by atoms with Gasteiger partial charge in [0.25, 0.3) is 0 Å². The lowest BCUT2D eigenvalue weighted by molar-refractivity contribution is 0.445. The molecule has 0 amide bonds. The SMILES string of the molecule is Cc1ccc(Cl)c(NC2CCC2)c1. The van der Waals surface area contributed by atoms with Crippen molar-refractivity contribution in [3.05, 3.63) is 28.8 Å². The normalized spacial score (nSPS) is 16.8. The lowest BCUT2D eigenvalue weighted by atomic mass is 9.93. The highest BCUT2D eigenvalue weighted by atomic mass is 35.5. The van der Waals surface area contributed by atoms with Gasteiger partial charge in [0.1, 0.15) is 0 Å². The van der Waals surface area contributed by atoms with E-state index in [1.54, 1.807) is 0 Å². The van der Waals surface area contributed by atoms with E-state index in [1.807, 2.05) is 12.1 Å². The lowest BCUT2D eigenvalue weighted by Crippen LogP contribution is -2.27. The highest BCUT2D eigenvalue weighted by Crippen LogP contribution is 2.28. The Morgan fingerprint density at radius 1 is 1.38 bits per heavy atom. The van der Waals surface area contributed by atoms with Crippen molar-refractivity contribution in [1.82, 2.24) is 0 Å². The summed E-state index contributed by atoms with van der Waals surface area (Å²) < 4.78 is 0. The first-order valence-electron chi connectivity index (χ1n) is 4.78. The van der Waals surface area contributed by atoms with Crippen LogP contribution in [0.1, 0.15) is 24.8 Å². The van der Waals surface area contributed by atoms with Gasteiger partial charge in [-0.3, -0.25) is 0 Å². The fraction of sp³-hybridized carbons (Fsp3) is 0.455. The lowest BCUT2D eigenvalue weighted by Gasteiger charge is -2.28. The third-order valence-electron chi connectivity index (χ3n) is 2.59. The van der Waals surface area contributed by atoms with Crippen LogP contribution >= 0.6 is 11.6 Å². The smallest absolute Gasteiger partial charge is 0.0637 e. The molecule has 1 N–H and O–H groups in total. The van der Waals surface area contributed by atoms with E-state index in [1.165, 1.54) is 24.8 Å². The van der Waals surface area contributed by atoms with Crippen LogP contribution in [-0.2, 0) is 0 Å². The number of nitrogens with one attached hydrogen (secondary N) is 1. The molecule has 1 aromatic rings. The number of rotatable bonds is 2. The Labute approximate surface area is 84.1 Å². The molecule has 2 rings (SSSR count). The van der Waals surface area contributed by atoms with Crippen molar-refractivity contribution in [1.29, 1.82) is 0 Å². The minimum absolute atomic E-state index is 0.652. The van der Waals surface area contributed by atoms with Crippen LogP contribution in [-0.4, -0.2) is 6.04 Å². The largest absolute Gasteiger partial charge is 0.381 e. The standard InChI is InChI=1S/C11H14ClN/c1-8-5-6-10(12)11(7-8)13-9-3-2-4-9/h5-7,9,13H,2-4H2,1H3. The van der Waals surface area contributed by atoms with Gasteiger partial charge in [-0.05, 0) is 43.9 Å². The topological polar surface area (TPSA) is 12.0 Å². The molecule has 0 unspecified atom stereocenters. The van der Waals surface area contributed by atoms with Gasteiger partial charge in [0.2, 0.25) is 0 Å². The molecule has 0 spiro atoms. The Morgan fingerprint density at radius 3 is 2.77 bits per heavy atom. The second kappa shape index (κ2) is 3.59. The molecule has 0 radical (unpaired) electrons. The quantitative estimate of drug-likeness (QED) is 0.760. The van der Waals surface area contributed by atoms with Gasteiger partial charge in [-0.15, -0.1) is 0 Å². The van der Waals surface area contributed by atoms with Gasteiger partial charge >= 0.3 is 0 Å². The molecule has 1 saturated carbocycles. The maximum Gasteiger partial charge on any atom is 0.0637 e. The highest BCUT2D eigenvalue weighted by molar-refractivity contribution is 6.33.